The number of hydrogen-bond acceptors (Lipinski definition) is 2. The van der Waals surface area contributed by atoms with E-state index >= 15 is 0 Å². The molecule has 0 N–H and O–H groups in total. The Hall–Kier alpha value is 0.0500. The summed E-state index contributed by atoms with van der Waals surface area (Å²) in [7, 11) is 0. The summed E-state index contributed by atoms with van der Waals surface area (Å²) < 4.78 is 5.92. The number of ether oxygens (including phenoxy) is 1. The van der Waals surface area contributed by atoms with Crippen LogP contribution in [0.2, 0.25) is 0 Å². The first-order chi connectivity index (χ1) is 16.6. The molecule has 0 aromatic heterocycles. The fraction of sp³-hybridized carbons (Fsp3) is 0.969. The third-order valence-corrected chi connectivity index (χ3v) is 14.5. The third-order valence-electron chi connectivity index (χ3n) is 14.1. The number of esters is 1. The molecule has 0 saturated heterocycles. The molecule has 36 heavy (non-hydrogen) atoms. The van der Waals surface area contributed by atoms with Crippen molar-refractivity contribution >= 4 is 29.2 Å². The molecule has 0 heterocycles. The van der Waals surface area contributed by atoms with Crippen molar-refractivity contribution in [1.82, 2.24) is 0 Å². The van der Waals surface area contributed by atoms with Crippen molar-refractivity contribution in [3.8, 4) is 0 Å². The maximum absolute atomic E-state index is 12.3. The standard InChI is InChI=1S/C32H52Cl2O2/c1-19(2)20-11-14-29(5)17-18-31(7)21(25(20)29)9-10-23-30(6)15-13-24(36-27(35)26(33)34)28(3,4)22(30)12-16-32(23,31)8/h19-26H,9-18H2,1-8H3/t20-,21?,22-,23?,24?,25+,29?,30?,31+,32?/m0/s1. The summed E-state index contributed by atoms with van der Waals surface area (Å²) in [6, 6.07) is 0. The summed E-state index contributed by atoms with van der Waals surface area (Å²) in [5.74, 6) is 4.32. The predicted octanol–water partition coefficient (Wildman–Crippen LogP) is 9.46. The van der Waals surface area contributed by atoms with Crippen LogP contribution >= 0.6 is 23.2 Å². The van der Waals surface area contributed by atoms with Crippen molar-refractivity contribution in [1.29, 1.82) is 0 Å². The first-order valence-corrected chi connectivity index (χ1v) is 16.0. The summed E-state index contributed by atoms with van der Waals surface area (Å²) in [5.41, 5.74) is 1.62. The van der Waals surface area contributed by atoms with E-state index < -0.39 is 10.8 Å². The van der Waals surface area contributed by atoms with E-state index in [0.29, 0.717) is 27.6 Å². The smallest absolute Gasteiger partial charge is 0.339 e. The molecule has 0 aromatic rings. The van der Waals surface area contributed by atoms with Gasteiger partial charge in [0.25, 0.3) is 0 Å². The van der Waals surface area contributed by atoms with Crippen LogP contribution in [-0.2, 0) is 9.53 Å². The van der Waals surface area contributed by atoms with Gasteiger partial charge < -0.3 is 4.74 Å². The number of alkyl halides is 2. The zero-order valence-corrected chi connectivity index (χ0v) is 25.8. The van der Waals surface area contributed by atoms with Gasteiger partial charge in [-0.2, -0.15) is 0 Å². The second kappa shape index (κ2) is 8.78. The van der Waals surface area contributed by atoms with E-state index in [0.717, 1.165) is 42.4 Å². The van der Waals surface area contributed by atoms with Crippen molar-refractivity contribution in [2.24, 2.45) is 62.6 Å². The van der Waals surface area contributed by atoms with Crippen molar-refractivity contribution in [2.45, 2.75) is 131 Å². The van der Waals surface area contributed by atoms with E-state index in [1.165, 1.54) is 51.4 Å². The SMILES string of the molecule is CC(C)[C@@H]1CCC2(C)CC[C@]3(C)C(CCC4C5(C)CCC(OC(=O)C(Cl)Cl)C(C)(C)[C@@H]5CCC43C)[C@@H]12. The van der Waals surface area contributed by atoms with Crippen LogP contribution in [0.5, 0.6) is 0 Å². The molecule has 2 nitrogen and oxygen atoms in total. The van der Waals surface area contributed by atoms with E-state index in [1.54, 1.807) is 0 Å². The number of halogens is 2. The van der Waals surface area contributed by atoms with Crippen LogP contribution in [0, 0.1) is 62.6 Å². The van der Waals surface area contributed by atoms with E-state index in [2.05, 4.69) is 55.4 Å². The fourth-order valence-electron chi connectivity index (χ4n) is 12.1. The Bertz CT molecular complexity index is 883. The Morgan fingerprint density at radius 3 is 2.11 bits per heavy atom. The minimum absolute atomic E-state index is 0.0657. The molecule has 5 aliphatic rings. The molecule has 6 unspecified atom stereocenters. The largest absolute Gasteiger partial charge is 0.460 e. The van der Waals surface area contributed by atoms with Gasteiger partial charge in [0.2, 0.25) is 4.84 Å². The monoisotopic (exact) mass is 538 g/mol. The number of hydrogen-bond donors (Lipinski definition) is 0. The maximum atomic E-state index is 12.3. The van der Waals surface area contributed by atoms with Gasteiger partial charge in [-0.25, -0.2) is 4.79 Å². The summed E-state index contributed by atoms with van der Waals surface area (Å²) in [6.45, 7) is 20.4. The van der Waals surface area contributed by atoms with E-state index in [-0.39, 0.29) is 11.5 Å². The van der Waals surface area contributed by atoms with Gasteiger partial charge in [-0.15, -0.1) is 0 Å². The highest BCUT2D eigenvalue weighted by Crippen LogP contribution is 2.77. The first-order valence-electron chi connectivity index (χ1n) is 15.1. The molecule has 0 aromatic carbocycles. The lowest BCUT2D eigenvalue weighted by Crippen LogP contribution is -2.66. The average molecular weight is 540 g/mol. The zero-order valence-electron chi connectivity index (χ0n) is 24.3. The molecule has 5 fully saturated rings. The Balaban J connectivity index is 1.46. The van der Waals surface area contributed by atoms with Gasteiger partial charge in [-0.05, 0) is 121 Å². The molecule has 4 heteroatoms. The second-order valence-corrected chi connectivity index (χ2v) is 17.0. The Morgan fingerprint density at radius 2 is 1.47 bits per heavy atom. The van der Waals surface area contributed by atoms with Crippen LogP contribution in [0.1, 0.15) is 120 Å². The van der Waals surface area contributed by atoms with Gasteiger partial charge in [-0.1, -0.05) is 78.6 Å². The molecule has 0 amide bonds. The summed E-state index contributed by atoms with van der Waals surface area (Å²) in [5, 5.41) is 0. The van der Waals surface area contributed by atoms with Gasteiger partial charge >= 0.3 is 5.97 Å². The number of carbonyl (C=O) groups excluding carboxylic acids is 1. The predicted molar refractivity (Wildman–Crippen MR) is 150 cm³/mol. The van der Waals surface area contributed by atoms with Crippen molar-refractivity contribution < 1.29 is 9.53 Å². The molecule has 206 valence electrons. The van der Waals surface area contributed by atoms with Crippen molar-refractivity contribution in [3.63, 3.8) is 0 Å². The van der Waals surface area contributed by atoms with E-state index in [4.69, 9.17) is 27.9 Å². The fourth-order valence-corrected chi connectivity index (χ4v) is 12.2. The highest BCUT2D eigenvalue weighted by atomic mass is 35.5. The highest BCUT2D eigenvalue weighted by molar-refractivity contribution is 6.52. The molecular formula is C32H52Cl2O2. The maximum Gasteiger partial charge on any atom is 0.339 e. The van der Waals surface area contributed by atoms with Gasteiger partial charge in [0.15, 0.2) is 0 Å². The summed E-state index contributed by atoms with van der Waals surface area (Å²) in [6.07, 6.45) is 13.1. The average Bonchev–Trinajstić information content (AvgIpc) is 3.14. The summed E-state index contributed by atoms with van der Waals surface area (Å²) >= 11 is 11.7. The minimum Gasteiger partial charge on any atom is -0.460 e. The Labute approximate surface area is 231 Å². The molecule has 0 radical (unpaired) electrons. The van der Waals surface area contributed by atoms with Crippen LogP contribution in [0.15, 0.2) is 0 Å². The van der Waals surface area contributed by atoms with Crippen molar-refractivity contribution in [3.05, 3.63) is 0 Å². The Morgan fingerprint density at radius 1 is 0.778 bits per heavy atom. The van der Waals surface area contributed by atoms with Crippen LogP contribution < -0.4 is 0 Å². The lowest BCUT2D eigenvalue weighted by molar-refractivity contribution is -0.250. The normalized spacial score (nSPS) is 51.8. The Kier molecular flexibility index (Phi) is 6.73. The number of fused-ring (bicyclic) bond motifs is 7. The van der Waals surface area contributed by atoms with Gasteiger partial charge in [0.1, 0.15) is 6.10 Å². The van der Waals surface area contributed by atoms with Crippen LogP contribution in [0.4, 0.5) is 0 Å². The molecule has 5 aliphatic carbocycles. The molecule has 0 aliphatic heterocycles. The zero-order chi connectivity index (χ0) is 26.5. The molecule has 0 bridgehead atoms. The number of carbonyl (C=O) groups is 1. The van der Waals surface area contributed by atoms with Gasteiger partial charge in [0.05, 0.1) is 0 Å². The van der Waals surface area contributed by atoms with Crippen LogP contribution in [0.3, 0.4) is 0 Å². The molecule has 5 saturated carbocycles. The topological polar surface area (TPSA) is 26.3 Å². The molecule has 5 rings (SSSR count). The lowest BCUT2D eigenvalue weighted by Gasteiger charge is -2.73. The molecule has 10 atom stereocenters. The van der Waals surface area contributed by atoms with E-state index in [9.17, 15) is 4.79 Å². The second-order valence-electron chi connectivity index (χ2n) is 15.9. The van der Waals surface area contributed by atoms with Gasteiger partial charge in [-0.3, -0.25) is 0 Å². The van der Waals surface area contributed by atoms with E-state index in [1.807, 2.05) is 0 Å². The lowest BCUT2D eigenvalue weighted by atomic mass is 9.32. The highest BCUT2D eigenvalue weighted by Gasteiger charge is 2.70. The van der Waals surface area contributed by atoms with Crippen LogP contribution in [0.25, 0.3) is 0 Å². The molecule has 0 spiro atoms. The third kappa shape index (κ3) is 3.64. The van der Waals surface area contributed by atoms with Crippen molar-refractivity contribution in [2.75, 3.05) is 0 Å². The minimum atomic E-state index is -1.10. The summed E-state index contributed by atoms with van der Waals surface area (Å²) in [4.78, 5) is 11.2. The quantitative estimate of drug-likeness (QED) is 0.264. The molecular weight excluding hydrogens is 487 g/mol. The number of rotatable bonds is 3. The first kappa shape index (κ1) is 27.6. The van der Waals surface area contributed by atoms with Gasteiger partial charge in [0, 0.05) is 5.41 Å². The van der Waals surface area contributed by atoms with Crippen LogP contribution in [-0.4, -0.2) is 16.9 Å².